The molecule has 2 heterocycles. The summed E-state index contributed by atoms with van der Waals surface area (Å²) in [5, 5.41) is 2.16. The largest absolute Gasteiger partial charge is 0.387 e. The van der Waals surface area contributed by atoms with Gasteiger partial charge in [0, 0.05) is 28.4 Å². The van der Waals surface area contributed by atoms with Crippen molar-refractivity contribution in [2.45, 2.75) is 13.8 Å². The molecule has 2 aromatic heterocycles. The van der Waals surface area contributed by atoms with Gasteiger partial charge in [-0.15, -0.1) is 0 Å². The first kappa shape index (κ1) is 11.8. The average molecular weight is 320 g/mol. The van der Waals surface area contributed by atoms with Crippen molar-refractivity contribution >= 4 is 32.2 Å². The first-order valence-corrected chi connectivity index (χ1v) is 7.36. The lowest BCUT2D eigenvalue weighted by molar-refractivity contribution is -0.505. The van der Waals surface area contributed by atoms with Crippen molar-refractivity contribution in [3.8, 4) is 11.3 Å². The summed E-state index contributed by atoms with van der Waals surface area (Å²) in [7, 11) is 0. The monoisotopic (exact) mass is 319 g/mol. The van der Waals surface area contributed by atoms with E-state index < -0.39 is 0 Å². The molecule has 0 bridgehead atoms. The van der Waals surface area contributed by atoms with Gasteiger partial charge in [-0.2, -0.15) is 4.40 Å². The van der Waals surface area contributed by atoms with Gasteiger partial charge in [-0.3, -0.25) is 0 Å². The molecule has 0 amide bonds. The predicted molar refractivity (Wildman–Crippen MR) is 77.9 cm³/mol. The van der Waals surface area contributed by atoms with Crippen LogP contribution in [-0.2, 0) is 0 Å². The normalized spacial score (nSPS) is 11.1. The standard InChI is InChI=1S/C14H12BrN2S/c1-9-7-10(2)17-13(8-18-14(17)16-9)11-3-5-12(15)6-4-11/h3-8H,1-2H3/q+1. The number of hydrogen-bond donors (Lipinski definition) is 0. The van der Waals surface area contributed by atoms with Crippen molar-refractivity contribution in [2.75, 3.05) is 0 Å². The van der Waals surface area contributed by atoms with Crippen LogP contribution in [-0.4, -0.2) is 4.98 Å². The number of thiazole rings is 1. The van der Waals surface area contributed by atoms with E-state index in [1.165, 1.54) is 17.0 Å². The minimum Gasteiger partial charge on any atom is -0.183 e. The second-order valence-corrected chi connectivity index (χ2v) is 6.04. The van der Waals surface area contributed by atoms with Gasteiger partial charge in [0.25, 0.3) is 0 Å². The molecule has 0 aliphatic carbocycles. The number of fused-ring (bicyclic) bond motifs is 1. The summed E-state index contributed by atoms with van der Waals surface area (Å²) >= 11 is 5.15. The highest BCUT2D eigenvalue weighted by atomic mass is 79.9. The van der Waals surface area contributed by atoms with Gasteiger partial charge in [0.15, 0.2) is 11.4 Å². The van der Waals surface area contributed by atoms with Gasteiger partial charge in [0.05, 0.1) is 0 Å². The Labute approximate surface area is 118 Å². The molecule has 0 aliphatic heterocycles. The van der Waals surface area contributed by atoms with E-state index in [1.54, 1.807) is 11.3 Å². The third-order valence-electron chi connectivity index (χ3n) is 2.89. The Hall–Kier alpha value is -1.26. The quantitative estimate of drug-likeness (QED) is 0.621. The number of aromatic nitrogens is 2. The molecule has 0 saturated carbocycles. The van der Waals surface area contributed by atoms with E-state index in [1.807, 2.05) is 6.92 Å². The van der Waals surface area contributed by atoms with E-state index in [9.17, 15) is 0 Å². The molecule has 3 rings (SSSR count). The third kappa shape index (κ3) is 1.95. The summed E-state index contributed by atoms with van der Waals surface area (Å²) in [6, 6.07) is 10.5. The minimum absolute atomic E-state index is 1.05. The van der Waals surface area contributed by atoms with Crippen LogP contribution in [0.2, 0.25) is 0 Å². The molecular formula is C14H12BrN2S+. The fraction of sp³-hybridized carbons (Fsp3) is 0.143. The van der Waals surface area contributed by atoms with Crippen molar-refractivity contribution in [3.05, 3.63) is 51.6 Å². The minimum atomic E-state index is 1.05. The van der Waals surface area contributed by atoms with E-state index in [0.29, 0.717) is 0 Å². The summed E-state index contributed by atoms with van der Waals surface area (Å²) < 4.78 is 3.31. The van der Waals surface area contributed by atoms with Crippen molar-refractivity contribution in [2.24, 2.45) is 0 Å². The Morgan fingerprint density at radius 2 is 1.89 bits per heavy atom. The zero-order valence-corrected chi connectivity index (χ0v) is 12.5. The summed E-state index contributed by atoms with van der Waals surface area (Å²) in [5.74, 6) is 0. The second kappa shape index (κ2) is 4.44. The lowest BCUT2D eigenvalue weighted by atomic mass is 10.2. The molecule has 0 radical (unpaired) electrons. The fourth-order valence-corrected chi connectivity index (χ4v) is 3.37. The van der Waals surface area contributed by atoms with Crippen molar-refractivity contribution in [3.63, 3.8) is 0 Å². The van der Waals surface area contributed by atoms with Crippen LogP contribution in [0.15, 0.2) is 40.2 Å². The maximum absolute atomic E-state index is 4.57. The van der Waals surface area contributed by atoms with E-state index in [-0.39, 0.29) is 0 Å². The van der Waals surface area contributed by atoms with Gasteiger partial charge in [-0.25, -0.2) is 0 Å². The molecule has 90 valence electrons. The van der Waals surface area contributed by atoms with Crippen molar-refractivity contribution in [1.82, 2.24) is 4.98 Å². The van der Waals surface area contributed by atoms with Crippen LogP contribution in [0.25, 0.3) is 16.2 Å². The van der Waals surface area contributed by atoms with Crippen LogP contribution in [0, 0.1) is 13.8 Å². The molecule has 0 atom stereocenters. The summed E-state index contributed by atoms with van der Waals surface area (Å²) in [6.45, 7) is 4.16. The Bertz CT molecular complexity index is 716. The highest BCUT2D eigenvalue weighted by Crippen LogP contribution is 2.22. The molecule has 18 heavy (non-hydrogen) atoms. The number of aryl methyl sites for hydroxylation is 2. The van der Waals surface area contributed by atoms with Crippen LogP contribution in [0.1, 0.15) is 11.4 Å². The zero-order chi connectivity index (χ0) is 12.7. The van der Waals surface area contributed by atoms with Gasteiger partial charge in [0.2, 0.25) is 0 Å². The molecule has 2 nitrogen and oxygen atoms in total. The Morgan fingerprint density at radius 1 is 1.17 bits per heavy atom. The molecule has 3 aromatic rings. The van der Waals surface area contributed by atoms with Gasteiger partial charge >= 0.3 is 4.96 Å². The number of benzene rings is 1. The SMILES string of the molecule is Cc1cc(C)[n+]2c(-c3ccc(Br)cc3)csc2n1. The van der Waals surface area contributed by atoms with E-state index >= 15 is 0 Å². The van der Waals surface area contributed by atoms with Crippen LogP contribution in [0.5, 0.6) is 0 Å². The lowest BCUT2D eigenvalue weighted by Crippen LogP contribution is -2.26. The first-order chi connectivity index (χ1) is 8.65. The van der Waals surface area contributed by atoms with Crippen molar-refractivity contribution in [1.29, 1.82) is 0 Å². The number of rotatable bonds is 1. The molecule has 0 saturated heterocycles. The Kier molecular flexibility index (Phi) is 2.92. The predicted octanol–water partition coefficient (Wildman–Crippen LogP) is 3.93. The number of halogens is 1. The maximum atomic E-state index is 4.57. The highest BCUT2D eigenvalue weighted by molar-refractivity contribution is 9.10. The second-order valence-electron chi connectivity index (χ2n) is 4.28. The topological polar surface area (TPSA) is 17.0 Å². The lowest BCUT2D eigenvalue weighted by Gasteiger charge is -1.99. The maximum Gasteiger partial charge on any atom is 0.387 e. The third-order valence-corrected chi connectivity index (χ3v) is 4.25. The Morgan fingerprint density at radius 3 is 2.61 bits per heavy atom. The van der Waals surface area contributed by atoms with Crippen LogP contribution >= 0.6 is 27.3 Å². The summed E-state index contributed by atoms with van der Waals surface area (Å²) in [6.07, 6.45) is 0. The van der Waals surface area contributed by atoms with Crippen molar-refractivity contribution < 1.29 is 4.40 Å². The average Bonchev–Trinajstić information content (AvgIpc) is 2.74. The molecule has 0 N–H and O–H groups in total. The summed E-state index contributed by atoms with van der Waals surface area (Å²) in [5.41, 5.74) is 4.70. The summed E-state index contributed by atoms with van der Waals surface area (Å²) in [4.78, 5) is 5.62. The molecule has 0 spiro atoms. The fourth-order valence-electron chi connectivity index (χ4n) is 2.10. The van der Waals surface area contributed by atoms with Gasteiger partial charge in [0.1, 0.15) is 5.69 Å². The number of nitrogens with zero attached hydrogens (tertiary/aromatic N) is 2. The smallest absolute Gasteiger partial charge is 0.183 e. The molecule has 0 aliphatic rings. The van der Waals surface area contributed by atoms with Gasteiger partial charge < -0.3 is 0 Å². The van der Waals surface area contributed by atoms with Crippen LogP contribution in [0.4, 0.5) is 0 Å². The first-order valence-electron chi connectivity index (χ1n) is 5.68. The zero-order valence-electron chi connectivity index (χ0n) is 10.1. The molecule has 1 aromatic carbocycles. The van der Waals surface area contributed by atoms with Gasteiger partial charge in [-0.1, -0.05) is 15.9 Å². The van der Waals surface area contributed by atoms with E-state index in [2.05, 4.69) is 68.0 Å². The molecular weight excluding hydrogens is 308 g/mol. The number of hydrogen-bond acceptors (Lipinski definition) is 2. The molecule has 0 fully saturated rings. The van der Waals surface area contributed by atoms with Crippen LogP contribution < -0.4 is 4.40 Å². The van der Waals surface area contributed by atoms with E-state index in [0.717, 1.165) is 15.1 Å². The Balaban J connectivity index is 2.27. The van der Waals surface area contributed by atoms with E-state index in [4.69, 9.17) is 0 Å². The van der Waals surface area contributed by atoms with Gasteiger partial charge in [-0.05, 0) is 47.5 Å². The molecule has 4 heteroatoms. The van der Waals surface area contributed by atoms with Crippen LogP contribution in [0.3, 0.4) is 0 Å². The molecule has 0 unspecified atom stereocenters. The highest BCUT2D eigenvalue weighted by Gasteiger charge is 2.17.